The second kappa shape index (κ2) is 7.79. The van der Waals surface area contributed by atoms with Crippen molar-refractivity contribution < 1.29 is 5.11 Å². The number of hydrogen-bond acceptors (Lipinski definition) is 3. The highest BCUT2D eigenvalue weighted by atomic mass is 16.3. The lowest BCUT2D eigenvalue weighted by molar-refractivity contribution is 0.0495. The van der Waals surface area contributed by atoms with Crippen LogP contribution < -0.4 is 0 Å². The maximum atomic E-state index is 11.2. The highest BCUT2D eigenvalue weighted by molar-refractivity contribution is 5.90. The molecule has 1 aromatic heterocycles. The molecule has 0 bridgehead atoms. The molecule has 2 fully saturated rings. The van der Waals surface area contributed by atoms with Crippen molar-refractivity contribution in [2.45, 2.75) is 37.8 Å². The Bertz CT molecular complexity index is 1430. The van der Waals surface area contributed by atoms with E-state index in [1.165, 1.54) is 22.8 Å². The van der Waals surface area contributed by atoms with Crippen LogP contribution in [0.3, 0.4) is 0 Å². The van der Waals surface area contributed by atoms with Gasteiger partial charge in [-0.15, -0.1) is 0 Å². The van der Waals surface area contributed by atoms with E-state index in [1.54, 1.807) is 11.1 Å². The molecule has 0 spiro atoms. The van der Waals surface area contributed by atoms with Gasteiger partial charge in [-0.25, -0.2) is 4.98 Å². The number of fused-ring (bicyclic) bond motifs is 5. The zero-order valence-corrected chi connectivity index (χ0v) is 19.7. The third kappa shape index (κ3) is 3.24. The van der Waals surface area contributed by atoms with Crippen LogP contribution >= 0.6 is 0 Å². The van der Waals surface area contributed by atoms with Gasteiger partial charge < -0.3 is 9.67 Å². The molecule has 3 aromatic carbocycles. The topological polar surface area (TPSA) is 41.3 Å². The molecule has 2 heterocycles. The highest BCUT2D eigenvalue weighted by Crippen LogP contribution is 2.55. The van der Waals surface area contributed by atoms with Crippen LogP contribution in [0.4, 0.5) is 0 Å². The Balaban J connectivity index is 1.12. The first kappa shape index (κ1) is 20.4. The molecule has 3 aliphatic rings. The molecule has 4 aromatic rings. The number of imidazole rings is 1. The maximum Gasteiger partial charge on any atom is 0.138 e. The van der Waals surface area contributed by atoms with Crippen LogP contribution in [0.2, 0.25) is 0 Å². The van der Waals surface area contributed by atoms with E-state index >= 15 is 0 Å². The number of hydrogen-bond donors (Lipinski definition) is 1. The Labute approximate surface area is 200 Å². The summed E-state index contributed by atoms with van der Waals surface area (Å²) < 4.78 is 2.06. The first-order chi connectivity index (χ1) is 16.7. The van der Waals surface area contributed by atoms with Gasteiger partial charge in [0.25, 0.3) is 0 Å². The molecule has 1 N–H and O–H groups in total. The van der Waals surface area contributed by atoms with Gasteiger partial charge >= 0.3 is 0 Å². The van der Waals surface area contributed by atoms with Crippen LogP contribution in [-0.2, 0) is 13.6 Å². The standard InChI is InChI=1S/C30H31N3O/c1-32-27-9-5-4-8-26(27)31-30(32)29(34)19-12-14-33(15-13-19)18-25-23-7-3-2-6-20(23)16-22-11-10-21-17-24(21)28(22)25/h2-11,16,19,21,24,29,34H,12-15,17-18H2,1H3. The van der Waals surface area contributed by atoms with Crippen LogP contribution in [0.1, 0.15) is 53.8 Å². The SMILES string of the molecule is Cn1c(C(O)C2CCN(Cc3c4c(cc5ccccc35)C=CC3CC43)CC2)nc2ccccc21. The molecule has 4 nitrogen and oxygen atoms in total. The lowest BCUT2D eigenvalue weighted by Crippen LogP contribution is -2.36. The molecule has 1 saturated carbocycles. The van der Waals surface area contributed by atoms with Crippen molar-refractivity contribution >= 4 is 27.9 Å². The minimum absolute atomic E-state index is 0.254. The van der Waals surface area contributed by atoms with Gasteiger partial charge in [0.15, 0.2) is 0 Å². The van der Waals surface area contributed by atoms with Crippen LogP contribution in [-0.4, -0.2) is 32.6 Å². The summed E-state index contributed by atoms with van der Waals surface area (Å²) in [6.07, 6.45) is 7.58. The van der Waals surface area contributed by atoms with E-state index in [1.807, 2.05) is 25.2 Å². The molecule has 0 radical (unpaired) electrons. The lowest BCUT2D eigenvalue weighted by atomic mass is 9.86. The van der Waals surface area contributed by atoms with Gasteiger partial charge in [-0.2, -0.15) is 0 Å². The van der Waals surface area contributed by atoms with E-state index in [0.29, 0.717) is 0 Å². The van der Waals surface area contributed by atoms with Gasteiger partial charge in [-0.3, -0.25) is 4.90 Å². The van der Waals surface area contributed by atoms with Crippen LogP contribution in [0.5, 0.6) is 0 Å². The Morgan fingerprint density at radius 3 is 2.71 bits per heavy atom. The molecular weight excluding hydrogens is 418 g/mol. The Hall–Kier alpha value is -2.95. The van der Waals surface area contributed by atoms with E-state index in [-0.39, 0.29) is 5.92 Å². The van der Waals surface area contributed by atoms with Crippen molar-refractivity contribution in [2.75, 3.05) is 13.1 Å². The summed E-state index contributed by atoms with van der Waals surface area (Å²) in [6.45, 7) is 3.05. The van der Waals surface area contributed by atoms with Crippen molar-refractivity contribution in [3.8, 4) is 0 Å². The molecule has 1 aliphatic heterocycles. The van der Waals surface area contributed by atoms with Crippen LogP contribution in [0, 0.1) is 11.8 Å². The summed E-state index contributed by atoms with van der Waals surface area (Å²) in [6, 6.07) is 19.4. The van der Waals surface area contributed by atoms with E-state index in [0.717, 1.165) is 61.2 Å². The first-order valence-electron chi connectivity index (χ1n) is 12.7. The zero-order valence-electron chi connectivity index (χ0n) is 19.7. The number of aromatic nitrogens is 2. The minimum atomic E-state index is -0.512. The average molecular weight is 450 g/mol. The number of likely N-dealkylation sites (tertiary alicyclic amines) is 1. The number of rotatable bonds is 4. The van der Waals surface area contributed by atoms with Crippen LogP contribution in [0.15, 0.2) is 60.7 Å². The summed E-state index contributed by atoms with van der Waals surface area (Å²) in [4.78, 5) is 7.37. The maximum absolute atomic E-state index is 11.2. The van der Waals surface area contributed by atoms with E-state index < -0.39 is 6.10 Å². The largest absolute Gasteiger partial charge is 0.385 e. The fraction of sp³-hybridized carbons (Fsp3) is 0.367. The quantitative estimate of drug-likeness (QED) is 0.428. The van der Waals surface area contributed by atoms with Crippen molar-refractivity contribution in [3.05, 3.63) is 83.2 Å². The van der Waals surface area contributed by atoms with Gasteiger partial charge in [0, 0.05) is 13.6 Å². The lowest BCUT2D eigenvalue weighted by Gasteiger charge is -2.35. The fourth-order valence-corrected chi connectivity index (χ4v) is 6.48. The van der Waals surface area contributed by atoms with Crippen molar-refractivity contribution in [3.63, 3.8) is 0 Å². The van der Waals surface area contributed by atoms with Gasteiger partial charge in [-0.1, -0.05) is 48.6 Å². The summed E-state index contributed by atoms with van der Waals surface area (Å²) in [7, 11) is 2.02. The van der Waals surface area contributed by atoms with Crippen molar-refractivity contribution in [1.29, 1.82) is 0 Å². The number of aliphatic hydroxyl groups is 1. The summed E-state index contributed by atoms with van der Waals surface area (Å²) in [5.41, 5.74) is 6.62. The molecule has 3 unspecified atom stereocenters. The summed E-state index contributed by atoms with van der Waals surface area (Å²) in [5.74, 6) is 2.52. The Morgan fingerprint density at radius 1 is 1.06 bits per heavy atom. The van der Waals surface area contributed by atoms with Gasteiger partial charge in [0.2, 0.25) is 0 Å². The van der Waals surface area contributed by atoms with Gasteiger partial charge in [-0.05, 0) is 95.8 Å². The third-order valence-electron chi connectivity index (χ3n) is 8.51. The van der Waals surface area contributed by atoms with Crippen molar-refractivity contribution in [2.24, 2.45) is 18.9 Å². The number of aryl methyl sites for hydroxylation is 1. The number of allylic oxidation sites excluding steroid dienone is 1. The van der Waals surface area contributed by atoms with Gasteiger partial charge in [0.05, 0.1) is 11.0 Å². The van der Waals surface area contributed by atoms with Crippen LogP contribution in [0.25, 0.3) is 27.9 Å². The second-order valence-corrected chi connectivity index (χ2v) is 10.5. The normalized spacial score (nSPS) is 23.2. The zero-order chi connectivity index (χ0) is 22.8. The molecule has 7 rings (SSSR count). The van der Waals surface area contributed by atoms with Gasteiger partial charge in [0.1, 0.15) is 11.9 Å². The number of para-hydroxylation sites is 2. The Morgan fingerprint density at radius 2 is 1.85 bits per heavy atom. The minimum Gasteiger partial charge on any atom is -0.385 e. The fourth-order valence-electron chi connectivity index (χ4n) is 6.48. The van der Waals surface area contributed by atoms with E-state index in [2.05, 4.69) is 58.0 Å². The molecule has 0 amide bonds. The smallest absolute Gasteiger partial charge is 0.138 e. The number of aliphatic hydroxyl groups excluding tert-OH is 1. The molecule has 4 heteroatoms. The number of benzene rings is 3. The van der Waals surface area contributed by atoms with E-state index in [9.17, 15) is 5.11 Å². The van der Waals surface area contributed by atoms with E-state index in [4.69, 9.17) is 4.98 Å². The summed E-state index contributed by atoms with van der Waals surface area (Å²) >= 11 is 0. The highest BCUT2D eigenvalue weighted by Gasteiger charge is 2.41. The summed E-state index contributed by atoms with van der Waals surface area (Å²) in [5, 5.41) is 14.0. The first-order valence-corrected chi connectivity index (χ1v) is 12.7. The number of nitrogens with zero attached hydrogens (tertiary/aromatic N) is 3. The number of piperidine rings is 1. The molecule has 172 valence electrons. The average Bonchev–Trinajstić information content (AvgIpc) is 3.60. The molecular formula is C30H31N3O. The second-order valence-electron chi connectivity index (χ2n) is 10.5. The molecule has 34 heavy (non-hydrogen) atoms. The molecule has 3 atom stereocenters. The third-order valence-corrected chi connectivity index (χ3v) is 8.51. The molecule has 2 aliphatic carbocycles. The predicted octanol–water partition coefficient (Wildman–Crippen LogP) is 5.80. The van der Waals surface area contributed by atoms with Crippen molar-refractivity contribution in [1.82, 2.24) is 14.5 Å². The predicted molar refractivity (Wildman–Crippen MR) is 138 cm³/mol. The molecule has 1 saturated heterocycles. The Kier molecular flexibility index (Phi) is 4.68. The monoisotopic (exact) mass is 449 g/mol.